The van der Waals surface area contributed by atoms with Crippen LogP contribution in [0.25, 0.3) is 10.2 Å². The Labute approximate surface area is 171 Å². The Hall–Kier alpha value is -3.39. The fraction of sp³-hybridized carbons (Fsp3) is 0.190. The van der Waals surface area contributed by atoms with E-state index in [1.54, 1.807) is 13.4 Å². The molecule has 0 saturated carbocycles. The van der Waals surface area contributed by atoms with Crippen LogP contribution in [0.2, 0.25) is 0 Å². The number of carbonyl (C=O) groups excluding carboxylic acids is 1. The van der Waals surface area contributed by atoms with Crippen molar-refractivity contribution in [3.8, 4) is 5.75 Å². The Bertz CT molecular complexity index is 1120. The zero-order valence-electron chi connectivity index (χ0n) is 16.1. The lowest BCUT2D eigenvalue weighted by atomic mass is 10.2. The largest absolute Gasteiger partial charge is 0.497 e. The first-order valence-electron chi connectivity index (χ1n) is 9.07. The van der Waals surface area contributed by atoms with E-state index in [0.717, 1.165) is 32.9 Å². The summed E-state index contributed by atoms with van der Waals surface area (Å²) >= 11 is 1.36. The van der Waals surface area contributed by atoms with Crippen LogP contribution in [0.3, 0.4) is 0 Å². The van der Waals surface area contributed by atoms with Crippen molar-refractivity contribution in [3.05, 3.63) is 70.8 Å². The van der Waals surface area contributed by atoms with Crippen molar-refractivity contribution in [2.45, 2.75) is 20.0 Å². The lowest BCUT2D eigenvalue weighted by Crippen LogP contribution is -2.22. The molecule has 3 aromatic heterocycles. The molecule has 1 aromatic carbocycles. The van der Waals surface area contributed by atoms with Crippen LogP contribution in [0.15, 0.2) is 53.4 Å². The summed E-state index contributed by atoms with van der Waals surface area (Å²) in [6.07, 6.45) is 3.13. The smallest absolute Gasteiger partial charge is 0.261 e. The van der Waals surface area contributed by atoms with Gasteiger partial charge >= 0.3 is 0 Å². The number of nitrogens with one attached hydrogen (secondary N) is 2. The van der Waals surface area contributed by atoms with Crippen molar-refractivity contribution in [1.82, 2.24) is 15.3 Å². The molecule has 0 radical (unpaired) electrons. The number of thiophene rings is 1. The molecule has 0 fully saturated rings. The number of ether oxygens (including phenoxy) is 1. The zero-order chi connectivity index (χ0) is 20.2. The molecule has 0 bridgehead atoms. The molecule has 0 spiro atoms. The van der Waals surface area contributed by atoms with Gasteiger partial charge in [0.15, 0.2) is 0 Å². The van der Waals surface area contributed by atoms with E-state index in [1.807, 2.05) is 43.3 Å². The molecular formula is C21H20N4O3S. The van der Waals surface area contributed by atoms with E-state index in [1.165, 1.54) is 17.7 Å². The van der Waals surface area contributed by atoms with E-state index >= 15 is 0 Å². The third-order valence-corrected chi connectivity index (χ3v) is 5.75. The lowest BCUT2D eigenvalue weighted by molar-refractivity contribution is 0.0954. The van der Waals surface area contributed by atoms with Gasteiger partial charge < -0.3 is 19.8 Å². The third-order valence-electron chi connectivity index (χ3n) is 4.56. The van der Waals surface area contributed by atoms with E-state index in [0.29, 0.717) is 23.8 Å². The zero-order valence-corrected chi connectivity index (χ0v) is 16.9. The summed E-state index contributed by atoms with van der Waals surface area (Å²) in [4.78, 5) is 22.9. The van der Waals surface area contributed by atoms with Gasteiger partial charge in [-0.15, -0.1) is 11.3 Å². The molecule has 8 heteroatoms. The van der Waals surface area contributed by atoms with Gasteiger partial charge in [-0.1, -0.05) is 12.1 Å². The van der Waals surface area contributed by atoms with Crippen molar-refractivity contribution in [2.24, 2.45) is 0 Å². The second-order valence-electron chi connectivity index (χ2n) is 6.42. The van der Waals surface area contributed by atoms with Crippen LogP contribution in [-0.2, 0) is 13.1 Å². The number of aromatic nitrogens is 2. The second-order valence-corrected chi connectivity index (χ2v) is 7.42. The molecule has 0 aliphatic carbocycles. The highest BCUT2D eigenvalue weighted by atomic mass is 32.1. The van der Waals surface area contributed by atoms with Gasteiger partial charge in [-0.25, -0.2) is 9.97 Å². The highest BCUT2D eigenvalue weighted by Crippen LogP contribution is 2.33. The first-order chi connectivity index (χ1) is 14.2. The summed E-state index contributed by atoms with van der Waals surface area (Å²) in [5, 5.41) is 7.11. The number of benzene rings is 1. The maximum atomic E-state index is 12.8. The first kappa shape index (κ1) is 18.9. The number of aryl methyl sites for hydroxylation is 1. The molecule has 0 saturated heterocycles. The predicted molar refractivity (Wildman–Crippen MR) is 112 cm³/mol. The van der Waals surface area contributed by atoms with Crippen molar-refractivity contribution >= 4 is 33.3 Å². The van der Waals surface area contributed by atoms with Gasteiger partial charge in [-0.3, -0.25) is 4.79 Å². The quantitative estimate of drug-likeness (QED) is 0.478. The number of nitrogens with zero attached hydrogens (tertiary/aromatic N) is 2. The summed E-state index contributed by atoms with van der Waals surface area (Å²) in [6, 6.07) is 11.3. The van der Waals surface area contributed by atoms with Crippen LogP contribution >= 0.6 is 11.3 Å². The molecule has 2 N–H and O–H groups in total. The van der Waals surface area contributed by atoms with E-state index in [-0.39, 0.29) is 5.91 Å². The average molecular weight is 408 g/mol. The van der Waals surface area contributed by atoms with Gasteiger partial charge in [0.2, 0.25) is 0 Å². The first-order valence-corrected chi connectivity index (χ1v) is 9.89. The minimum atomic E-state index is -0.127. The standard InChI is InChI=1S/C21H20N4O3S/c1-13-17-19(22-11-16-4-3-9-28-16)24-12-25-21(17)29-18(13)20(26)23-10-14-5-7-15(27-2)8-6-14/h3-9,12H,10-11H2,1-2H3,(H,23,26)(H,22,24,25). The summed E-state index contributed by atoms with van der Waals surface area (Å²) < 4.78 is 10.5. The number of amides is 1. The van der Waals surface area contributed by atoms with E-state index in [2.05, 4.69) is 20.6 Å². The fourth-order valence-corrected chi connectivity index (χ4v) is 4.08. The Morgan fingerprint density at radius 2 is 2.00 bits per heavy atom. The molecule has 7 nitrogen and oxygen atoms in total. The topological polar surface area (TPSA) is 89.3 Å². The van der Waals surface area contributed by atoms with Gasteiger partial charge in [-0.2, -0.15) is 0 Å². The number of fused-ring (bicyclic) bond motifs is 1. The average Bonchev–Trinajstić information content (AvgIpc) is 3.39. The molecule has 3 heterocycles. The van der Waals surface area contributed by atoms with Crippen LogP contribution < -0.4 is 15.4 Å². The SMILES string of the molecule is COc1ccc(CNC(=O)c2sc3ncnc(NCc4ccco4)c3c2C)cc1. The molecule has 0 atom stereocenters. The molecule has 148 valence electrons. The van der Waals surface area contributed by atoms with Crippen molar-refractivity contribution in [3.63, 3.8) is 0 Å². The Morgan fingerprint density at radius 3 is 2.72 bits per heavy atom. The van der Waals surface area contributed by atoms with Gasteiger partial charge in [0, 0.05) is 6.54 Å². The number of anilines is 1. The number of hydrogen-bond acceptors (Lipinski definition) is 7. The fourth-order valence-electron chi connectivity index (χ4n) is 3.01. The minimum absolute atomic E-state index is 0.127. The summed E-state index contributed by atoms with van der Waals surface area (Å²) in [6.45, 7) is 2.86. The van der Waals surface area contributed by atoms with Crippen LogP contribution in [0.5, 0.6) is 5.75 Å². The number of methoxy groups -OCH3 is 1. The van der Waals surface area contributed by atoms with E-state index in [9.17, 15) is 4.79 Å². The number of carbonyl (C=O) groups is 1. The predicted octanol–water partition coefficient (Wildman–Crippen LogP) is 4.14. The van der Waals surface area contributed by atoms with Gasteiger partial charge in [0.05, 0.1) is 30.2 Å². The van der Waals surface area contributed by atoms with Crippen LogP contribution in [-0.4, -0.2) is 23.0 Å². The molecule has 0 aliphatic heterocycles. The molecule has 4 aromatic rings. The van der Waals surface area contributed by atoms with E-state index in [4.69, 9.17) is 9.15 Å². The Morgan fingerprint density at radius 1 is 1.17 bits per heavy atom. The third kappa shape index (κ3) is 4.07. The number of rotatable bonds is 7. The van der Waals surface area contributed by atoms with Gasteiger partial charge in [0.25, 0.3) is 5.91 Å². The monoisotopic (exact) mass is 408 g/mol. The molecule has 0 unspecified atom stereocenters. The Kier molecular flexibility index (Phi) is 5.44. The van der Waals surface area contributed by atoms with E-state index < -0.39 is 0 Å². The Balaban J connectivity index is 1.51. The van der Waals surface area contributed by atoms with Crippen LogP contribution in [0, 0.1) is 6.92 Å². The summed E-state index contributed by atoms with van der Waals surface area (Å²) in [5.41, 5.74) is 1.86. The maximum Gasteiger partial charge on any atom is 0.261 e. The number of furan rings is 1. The van der Waals surface area contributed by atoms with Crippen LogP contribution in [0.1, 0.15) is 26.6 Å². The van der Waals surface area contributed by atoms with Crippen molar-refractivity contribution < 1.29 is 13.9 Å². The van der Waals surface area contributed by atoms with Crippen molar-refractivity contribution in [1.29, 1.82) is 0 Å². The van der Waals surface area contributed by atoms with Gasteiger partial charge in [0.1, 0.15) is 28.5 Å². The molecule has 1 amide bonds. The number of hydrogen-bond donors (Lipinski definition) is 2. The maximum absolute atomic E-state index is 12.8. The normalized spacial score (nSPS) is 10.8. The van der Waals surface area contributed by atoms with Crippen LogP contribution in [0.4, 0.5) is 5.82 Å². The summed E-state index contributed by atoms with van der Waals surface area (Å²) in [5.74, 6) is 2.16. The molecular weight excluding hydrogens is 388 g/mol. The molecule has 0 aliphatic rings. The highest BCUT2D eigenvalue weighted by Gasteiger charge is 2.19. The summed E-state index contributed by atoms with van der Waals surface area (Å²) in [7, 11) is 1.63. The molecule has 4 rings (SSSR count). The second kappa shape index (κ2) is 8.32. The highest BCUT2D eigenvalue weighted by molar-refractivity contribution is 7.20. The minimum Gasteiger partial charge on any atom is -0.497 e. The van der Waals surface area contributed by atoms with Crippen molar-refractivity contribution in [2.75, 3.05) is 12.4 Å². The molecule has 29 heavy (non-hydrogen) atoms. The van der Waals surface area contributed by atoms with Gasteiger partial charge in [-0.05, 0) is 42.3 Å². The lowest BCUT2D eigenvalue weighted by Gasteiger charge is -2.07.